The Labute approximate surface area is 256 Å². The molecule has 0 radical (unpaired) electrons. The number of nitrogens with one attached hydrogen (secondary N) is 2. The van der Waals surface area contributed by atoms with Gasteiger partial charge in [0.1, 0.15) is 29.7 Å². The lowest BCUT2D eigenvalue weighted by atomic mass is 9.92. The average Bonchev–Trinajstić information content (AvgIpc) is 3.66. The number of aromatic nitrogens is 3. The van der Waals surface area contributed by atoms with E-state index in [4.69, 9.17) is 9.47 Å². The third-order valence-electron chi connectivity index (χ3n) is 8.71. The number of piperidine rings is 1. The molecule has 2 N–H and O–H groups in total. The highest BCUT2D eigenvalue weighted by Gasteiger charge is 2.33. The van der Waals surface area contributed by atoms with Crippen LogP contribution in [0.25, 0.3) is 5.52 Å². The van der Waals surface area contributed by atoms with Gasteiger partial charge in [0.2, 0.25) is 5.91 Å². The van der Waals surface area contributed by atoms with Crippen molar-refractivity contribution in [2.75, 3.05) is 45.2 Å². The molecule has 1 unspecified atom stereocenters. The summed E-state index contributed by atoms with van der Waals surface area (Å²) in [5.74, 6) is 2.53. The van der Waals surface area contributed by atoms with Crippen LogP contribution in [-0.4, -0.2) is 93.8 Å². The third kappa shape index (κ3) is 5.78. The van der Waals surface area contributed by atoms with E-state index in [9.17, 15) is 4.79 Å². The summed E-state index contributed by atoms with van der Waals surface area (Å²) in [6.07, 6.45) is 17.0. The van der Waals surface area contributed by atoms with Gasteiger partial charge < -0.3 is 19.7 Å². The van der Waals surface area contributed by atoms with Gasteiger partial charge in [-0.15, -0.1) is 0 Å². The Balaban J connectivity index is 0.977. The number of aryl methyl sites for hydroxylation is 1. The van der Waals surface area contributed by atoms with E-state index < -0.39 is 0 Å². The van der Waals surface area contributed by atoms with Crippen LogP contribution >= 0.6 is 0 Å². The predicted octanol–water partition coefficient (Wildman–Crippen LogP) is 3.34. The highest BCUT2D eigenvalue weighted by atomic mass is 16.5. The van der Waals surface area contributed by atoms with Crippen LogP contribution in [-0.2, 0) is 9.53 Å². The molecule has 12 nitrogen and oxygen atoms in total. The van der Waals surface area contributed by atoms with Gasteiger partial charge in [-0.3, -0.25) is 20.1 Å². The second-order valence-electron chi connectivity index (χ2n) is 11.6. The molecule has 0 spiro atoms. The van der Waals surface area contributed by atoms with E-state index in [2.05, 4.69) is 36.8 Å². The molecule has 4 aliphatic rings. The zero-order chi connectivity index (χ0) is 30.0. The normalized spacial score (nSPS) is 20.6. The van der Waals surface area contributed by atoms with E-state index in [-0.39, 0.29) is 18.0 Å². The Bertz CT molecular complexity index is 1650. The van der Waals surface area contributed by atoms with Crippen molar-refractivity contribution in [3.8, 4) is 5.75 Å². The number of fused-ring (bicyclic) bond motifs is 2. The first-order valence-corrected chi connectivity index (χ1v) is 15.1. The number of allylic oxidation sites excluding steroid dienone is 1. The molecule has 0 aliphatic carbocycles. The highest BCUT2D eigenvalue weighted by Crippen LogP contribution is 2.35. The maximum atomic E-state index is 12.8. The zero-order valence-electron chi connectivity index (χ0n) is 25.0. The molecule has 2 aromatic heterocycles. The lowest BCUT2D eigenvalue weighted by Gasteiger charge is -2.38. The van der Waals surface area contributed by atoms with Crippen molar-refractivity contribution < 1.29 is 14.3 Å². The number of nitrogens with zero attached hydrogens (tertiary/aromatic N) is 7. The SMILES string of the molecule is COC1CCN(C/C=C/C(=O)N2CC(c3ccn4ncnc(Nc5ccc(OC6=CC7N=CNN7C=C6)c(C)c5)c34)C2)CC1. The molecule has 6 heterocycles. The van der Waals surface area contributed by atoms with E-state index in [1.807, 2.05) is 70.2 Å². The van der Waals surface area contributed by atoms with Crippen molar-refractivity contribution in [3.63, 3.8) is 0 Å². The number of aliphatic imine (C=N–C) groups is 1. The standard InChI is InChI=1S/C32H37N9O3/c1-22-16-24(5-6-28(22)44-26-9-14-40-29(17-26)33-20-35-40)37-32-31-27(10-15-41(31)36-21-34-32)23-18-39(19-23)30(42)4-3-11-38-12-7-25(43-2)8-13-38/h3-6,9-10,14-17,20-21,23,25,29H,7-8,11-13,18-19H2,1-2H3,(H,33,35)(H,34,36,37)/b4-3+. The van der Waals surface area contributed by atoms with Crippen molar-refractivity contribution in [2.45, 2.75) is 38.0 Å². The van der Waals surface area contributed by atoms with Gasteiger partial charge in [0.05, 0.1) is 6.10 Å². The molecule has 3 aromatic rings. The van der Waals surface area contributed by atoms with Crippen molar-refractivity contribution in [1.82, 2.24) is 34.8 Å². The molecule has 1 atom stereocenters. The zero-order valence-corrected chi connectivity index (χ0v) is 25.0. The van der Waals surface area contributed by atoms with Crippen molar-refractivity contribution in [2.24, 2.45) is 4.99 Å². The summed E-state index contributed by atoms with van der Waals surface area (Å²) in [7, 11) is 1.78. The molecule has 7 rings (SSSR count). The molecule has 2 fully saturated rings. The monoisotopic (exact) mass is 595 g/mol. The smallest absolute Gasteiger partial charge is 0.246 e. The number of carbonyl (C=O) groups excluding carboxylic acids is 1. The van der Waals surface area contributed by atoms with Crippen LogP contribution in [0, 0.1) is 6.92 Å². The fraction of sp³-hybridized carbons (Fsp3) is 0.375. The summed E-state index contributed by atoms with van der Waals surface area (Å²) >= 11 is 0. The molecule has 2 saturated heterocycles. The fourth-order valence-electron chi connectivity index (χ4n) is 6.10. The minimum Gasteiger partial charge on any atom is -0.457 e. The van der Waals surface area contributed by atoms with Crippen molar-refractivity contribution in [1.29, 1.82) is 0 Å². The van der Waals surface area contributed by atoms with Gasteiger partial charge in [0, 0.05) is 76.0 Å². The molecular formula is C32H37N9O3. The largest absolute Gasteiger partial charge is 0.457 e. The molecule has 1 amide bonds. The number of carbonyl (C=O) groups is 1. The summed E-state index contributed by atoms with van der Waals surface area (Å²) < 4.78 is 13.5. The second kappa shape index (κ2) is 12.1. The van der Waals surface area contributed by atoms with Crippen molar-refractivity contribution >= 4 is 29.3 Å². The number of hydrogen-bond donors (Lipinski definition) is 2. The lowest BCUT2D eigenvalue weighted by Crippen LogP contribution is -2.47. The van der Waals surface area contributed by atoms with Crippen LogP contribution in [0.3, 0.4) is 0 Å². The first-order valence-electron chi connectivity index (χ1n) is 15.1. The summed E-state index contributed by atoms with van der Waals surface area (Å²) in [5.41, 5.74) is 6.99. The minimum absolute atomic E-state index is 0.0633. The van der Waals surface area contributed by atoms with Crippen LogP contribution in [0.15, 0.2) is 78.0 Å². The molecule has 12 heteroatoms. The number of hydrazine groups is 1. The number of anilines is 2. The highest BCUT2D eigenvalue weighted by molar-refractivity contribution is 5.88. The Morgan fingerprint density at radius 1 is 1.20 bits per heavy atom. The van der Waals surface area contributed by atoms with Crippen LogP contribution in [0.5, 0.6) is 5.75 Å². The Hall–Kier alpha value is -4.68. The summed E-state index contributed by atoms with van der Waals surface area (Å²) in [4.78, 5) is 26.0. The minimum atomic E-state index is -0.0976. The molecule has 0 saturated carbocycles. The van der Waals surface area contributed by atoms with E-state index in [1.54, 1.807) is 25.9 Å². The van der Waals surface area contributed by atoms with E-state index in [0.717, 1.165) is 72.1 Å². The molecule has 44 heavy (non-hydrogen) atoms. The number of likely N-dealkylation sites (tertiary alicyclic amines) is 2. The number of hydrogen-bond acceptors (Lipinski definition) is 10. The number of amides is 1. The van der Waals surface area contributed by atoms with Gasteiger partial charge in [-0.2, -0.15) is 5.10 Å². The Morgan fingerprint density at radius 3 is 2.89 bits per heavy atom. The van der Waals surface area contributed by atoms with Crippen LogP contribution in [0.2, 0.25) is 0 Å². The van der Waals surface area contributed by atoms with Gasteiger partial charge in [0.25, 0.3) is 0 Å². The maximum Gasteiger partial charge on any atom is 0.246 e. The molecule has 4 aliphatic heterocycles. The molecule has 228 valence electrons. The number of ether oxygens (including phenoxy) is 2. The number of rotatable bonds is 9. The van der Waals surface area contributed by atoms with Gasteiger partial charge in [-0.05, 0) is 61.2 Å². The molecule has 0 bridgehead atoms. The topological polar surface area (TPSA) is 112 Å². The summed E-state index contributed by atoms with van der Waals surface area (Å²) in [6, 6.07) is 8.06. The van der Waals surface area contributed by atoms with Gasteiger partial charge in [-0.25, -0.2) is 14.5 Å². The third-order valence-corrected chi connectivity index (χ3v) is 8.71. The summed E-state index contributed by atoms with van der Waals surface area (Å²) in [5, 5.41) is 9.81. The quantitative estimate of drug-likeness (QED) is 0.360. The lowest BCUT2D eigenvalue weighted by molar-refractivity contribution is -0.130. The average molecular weight is 596 g/mol. The van der Waals surface area contributed by atoms with Crippen molar-refractivity contribution in [3.05, 3.63) is 84.2 Å². The second-order valence-corrected chi connectivity index (χ2v) is 11.6. The van der Waals surface area contributed by atoms with Gasteiger partial charge in [-0.1, -0.05) is 6.08 Å². The van der Waals surface area contributed by atoms with Crippen LogP contribution in [0.1, 0.15) is 29.9 Å². The first-order chi connectivity index (χ1) is 21.5. The van der Waals surface area contributed by atoms with Crippen LogP contribution < -0.4 is 15.5 Å². The first kappa shape index (κ1) is 28.1. The van der Waals surface area contributed by atoms with Gasteiger partial charge in [0.15, 0.2) is 12.0 Å². The van der Waals surface area contributed by atoms with Gasteiger partial charge >= 0.3 is 0 Å². The summed E-state index contributed by atoms with van der Waals surface area (Å²) in [6.45, 7) is 6.17. The maximum absolute atomic E-state index is 12.8. The molecule has 1 aromatic carbocycles. The Morgan fingerprint density at radius 2 is 2.07 bits per heavy atom. The number of methoxy groups -OCH3 is 1. The van der Waals surface area contributed by atoms with E-state index in [0.29, 0.717) is 19.2 Å². The van der Waals surface area contributed by atoms with Crippen LogP contribution in [0.4, 0.5) is 11.5 Å². The Kier molecular flexibility index (Phi) is 7.75. The predicted molar refractivity (Wildman–Crippen MR) is 167 cm³/mol. The van der Waals surface area contributed by atoms with E-state index >= 15 is 0 Å². The molecular weight excluding hydrogens is 558 g/mol. The fourth-order valence-corrected chi connectivity index (χ4v) is 6.10. The number of benzene rings is 1. The van der Waals surface area contributed by atoms with E-state index in [1.165, 1.54) is 0 Å².